The minimum absolute atomic E-state index is 0.0643. The largest absolute Gasteiger partial charge is 0.508 e. The van der Waals surface area contributed by atoms with Gasteiger partial charge in [-0.3, -0.25) is 0 Å². The molecule has 1 unspecified atom stereocenters. The van der Waals surface area contributed by atoms with Crippen LogP contribution in [0.4, 0.5) is 0 Å². The number of phenolic OH excluding ortho intramolecular Hbond substituents is 2. The summed E-state index contributed by atoms with van der Waals surface area (Å²) in [5, 5.41) is 24.0. The lowest BCUT2D eigenvalue weighted by Gasteiger charge is -2.16. The van der Waals surface area contributed by atoms with Crippen LogP contribution in [0.3, 0.4) is 0 Å². The number of carbonyl (C=O) groups is 1. The molecular formula is C19H25NO5. The molecule has 6 nitrogen and oxygen atoms in total. The number of aromatic hydroxyl groups is 2. The number of fused-ring (bicyclic) bond motifs is 1. The Morgan fingerprint density at radius 2 is 2.04 bits per heavy atom. The van der Waals surface area contributed by atoms with Gasteiger partial charge in [0.05, 0.1) is 5.71 Å². The summed E-state index contributed by atoms with van der Waals surface area (Å²) >= 11 is 0. The molecule has 1 aliphatic rings. The van der Waals surface area contributed by atoms with E-state index in [1.54, 1.807) is 0 Å². The summed E-state index contributed by atoms with van der Waals surface area (Å²) in [6.45, 7) is 1.81. The molecule has 2 rings (SSSR count). The lowest BCUT2D eigenvalue weighted by molar-refractivity contribution is 0.0343. The van der Waals surface area contributed by atoms with Crippen LogP contribution in [-0.2, 0) is 16.0 Å². The Morgan fingerprint density at radius 1 is 1.24 bits per heavy atom. The first-order chi connectivity index (χ1) is 12.0. The van der Waals surface area contributed by atoms with Gasteiger partial charge in [-0.25, -0.2) is 4.79 Å². The molecule has 0 saturated carbocycles. The van der Waals surface area contributed by atoms with Crippen molar-refractivity contribution in [1.82, 2.24) is 0 Å². The van der Waals surface area contributed by atoms with Crippen LogP contribution in [0.25, 0.3) is 0 Å². The number of hydrogen-bond acceptors (Lipinski definition) is 6. The monoisotopic (exact) mass is 347 g/mol. The van der Waals surface area contributed by atoms with E-state index < -0.39 is 5.97 Å². The van der Waals surface area contributed by atoms with Crippen molar-refractivity contribution in [3.05, 3.63) is 35.4 Å². The van der Waals surface area contributed by atoms with Gasteiger partial charge in [-0.05, 0) is 44.2 Å². The van der Waals surface area contributed by atoms with Crippen LogP contribution in [0.5, 0.6) is 11.5 Å². The number of allylic oxidation sites excluding steroid dienone is 1. The zero-order valence-corrected chi connectivity index (χ0v) is 14.7. The van der Waals surface area contributed by atoms with E-state index in [9.17, 15) is 15.0 Å². The molecule has 1 heterocycles. The van der Waals surface area contributed by atoms with Crippen LogP contribution in [0.1, 0.15) is 54.9 Å². The number of hydrogen-bond donors (Lipinski definition) is 2. The number of cyclic esters (lactones) is 1. The SMILES string of the molecule is CON=C1CCCC/C=C/CC(C)OC(=O)c2c(O)cc(O)cc2C1. The van der Waals surface area contributed by atoms with Crippen LogP contribution < -0.4 is 0 Å². The molecular weight excluding hydrogens is 322 g/mol. The fourth-order valence-electron chi connectivity index (χ4n) is 2.85. The number of nitrogens with zero attached hydrogens (tertiary/aromatic N) is 1. The first-order valence-corrected chi connectivity index (χ1v) is 8.51. The second kappa shape index (κ2) is 9.11. The van der Waals surface area contributed by atoms with E-state index >= 15 is 0 Å². The van der Waals surface area contributed by atoms with Crippen molar-refractivity contribution in [3.63, 3.8) is 0 Å². The molecule has 1 aromatic carbocycles. The van der Waals surface area contributed by atoms with Crippen molar-refractivity contribution < 1.29 is 24.6 Å². The van der Waals surface area contributed by atoms with Crippen molar-refractivity contribution >= 4 is 11.7 Å². The quantitative estimate of drug-likeness (QED) is 0.459. The molecule has 136 valence electrons. The Bertz CT molecular complexity index is 666. The minimum atomic E-state index is -0.609. The van der Waals surface area contributed by atoms with Gasteiger partial charge in [0.15, 0.2) is 0 Å². The van der Waals surface area contributed by atoms with E-state index in [-0.39, 0.29) is 23.2 Å². The van der Waals surface area contributed by atoms with Gasteiger partial charge in [0.25, 0.3) is 0 Å². The van der Waals surface area contributed by atoms with Crippen LogP contribution in [0, 0.1) is 0 Å². The standard InChI is InChI=1S/C19H25NO5/c1-13-8-6-4-3-5-7-9-15(20-24-2)10-14-11-16(21)12-17(22)18(14)19(23)25-13/h4,6,11-13,21-22H,3,5,7-10H2,1-2H3/b6-4+,20-15?. The molecule has 2 N–H and O–H groups in total. The van der Waals surface area contributed by atoms with E-state index in [4.69, 9.17) is 9.57 Å². The molecule has 25 heavy (non-hydrogen) atoms. The Labute approximate surface area is 147 Å². The first kappa shape index (κ1) is 18.8. The van der Waals surface area contributed by atoms with E-state index in [0.29, 0.717) is 24.8 Å². The highest BCUT2D eigenvalue weighted by molar-refractivity contribution is 5.97. The molecule has 0 amide bonds. The zero-order chi connectivity index (χ0) is 18.2. The topological polar surface area (TPSA) is 88.4 Å². The molecule has 0 saturated heterocycles. The molecule has 0 fully saturated rings. The van der Waals surface area contributed by atoms with Crippen LogP contribution in [0.15, 0.2) is 29.4 Å². The molecule has 1 aliphatic heterocycles. The van der Waals surface area contributed by atoms with Gasteiger partial charge in [0.1, 0.15) is 30.3 Å². The van der Waals surface area contributed by atoms with Crippen LogP contribution >= 0.6 is 0 Å². The molecule has 1 aromatic rings. The summed E-state index contributed by atoms with van der Waals surface area (Å²) in [5.74, 6) is -1.02. The van der Waals surface area contributed by atoms with Gasteiger partial charge in [-0.1, -0.05) is 17.3 Å². The van der Waals surface area contributed by atoms with Crippen molar-refractivity contribution in [2.75, 3.05) is 7.11 Å². The highest BCUT2D eigenvalue weighted by Crippen LogP contribution is 2.29. The molecule has 1 atom stereocenters. The van der Waals surface area contributed by atoms with Gasteiger partial charge in [0.2, 0.25) is 0 Å². The number of ether oxygens (including phenoxy) is 1. The van der Waals surface area contributed by atoms with Gasteiger partial charge >= 0.3 is 5.97 Å². The second-order valence-electron chi connectivity index (χ2n) is 6.18. The van der Waals surface area contributed by atoms with Gasteiger partial charge in [0, 0.05) is 18.9 Å². The Kier molecular flexibility index (Phi) is 6.86. The number of esters is 1. The number of benzene rings is 1. The van der Waals surface area contributed by atoms with E-state index in [1.807, 2.05) is 13.0 Å². The summed E-state index contributed by atoms with van der Waals surface area (Å²) in [6.07, 6.45) is 8.33. The Morgan fingerprint density at radius 3 is 2.80 bits per heavy atom. The molecule has 0 radical (unpaired) electrons. The minimum Gasteiger partial charge on any atom is -0.508 e. The Hall–Kier alpha value is -2.50. The molecule has 0 aliphatic carbocycles. The molecule has 0 bridgehead atoms. The fourth-order valence-corrected chi connectivity index (χ4v) is 2.85. The van der Waals surface area contributed by atoms with Crippen LogP contribution in [-0.4, -0.2) is 35.1 Å². The average molecular weight is 347 g/mol. The number of phenols is 2. The maximum atomic E-state index is 12.5. The van der Waals surface area contributed by atoms with Crippen molar-refractivity contribution in [1.29, 1.82) is 0 Å². The van der Waals surface area contributed by atoms with Crippen molar-refractivity contribution in [2.45, 2.75) is 51.6 Å². The maximum Gasteiger partial charge on any atom is 0.342 e. The van der Waals surface area contributed by atoms with Crippen LogP contribution in [0.2, 0.25) is 0 Å². The van der Waals surface area contributed by atoms with E-state index in [1.165, 1.54) is 13.2 Å². The normalized spacial score (nSPS) is 22.6. The second-order valence-corrected chi connectivity index (χ2v) is 6.18. The van der Waals surface area contributed by atoms with Crippen molar-refractivity contribution in [2.24, 2.45) is 5.16 Å². The zero-order valence-electron chi connectivity index (χ0n) is 14.7. The third-order valence-electron chi connectivity index (χ3n) is 4.03. The summed E-state index contributed by atoms with van der Waals surface area (Å²) < 4.78 is 5.43. The highest BCUT2D eigenvalue weighted by Gasteiger charge is 2.22. The molecule has 6 heteroatoms. The Balaban J connectivity index is 2.40. The molecule has 0 spiro atoms. The highest BCUT2D eigenvalue weighted by atomic mass is 16.6. The third kappa shape index (κ3) is 5.52. The van der Waals surface area contributed by atoms with Gasteiger partial charge in [-0.15, -0.1) is 0 Å². The van der Waals surface area contributed by atoms with Gasteiger partial charge < -0.3 is 19.8 Å². The number of rotatable bonds is 1. The smallest absolute Gasteiger partial charge is 0.342 e. The lowest BCUT2D eigenvalue weighted by Crippen LogP contribution is -2.17. The van der Waals surface area contributed by atoms with E-state index in [2.05, 4.69) is 11.2 Å². The number of carbonyl (C=O) groups excluding carboxylic acids is 1. The van der Waals surface area contributed by atoms with Crippen molar-refractivity contribution in [3.8, 4) is 11.5 Å². The predicted molar refractivity (Wildman–Crippen MR) is 95.0 cm³/mol. The predicted octanol–water partition coefficient (Wildman–Crippen LogP) is 3.71. The third-order valence-corrected chi connectivity index (χ3v) is 4.03. The summed E-state index contributed by atoms with van der Waals surface area (Å²) in [5.41, 5.74) is 1.28. The first-order valence-electron chi connectivity index (χ1n) is 8.51. The summed E-state index contributed by atoms with van der Waals surface area (Å²) in [4.78, 5) is 17.4. The van der Waals surface area contributed by atoms with E-state index in [0.717, 1.165) is 31.0 Å². The molecule has 0 aromatic heterocycles. The maximum absolute atomic E-state index is 12.5. The number of oxime groups is 1. The summed E-state index contributed by atoms with van der Waals surface area (Å²) in [7, 11) is 1.47. The van der Waals surface area contributed by atoms with Gasteiger partial charge in [-0.2, -0.15) is 0 Å². The fraction of sp³-hybridized carbons (Fsp3) is 0.474. The lowest BCUT2D eigenvalue weighted by atomic mass is 9.97. The average Bonchev–Trinajstić information content (AvgIpc) is 2.52. The summed E-state index contributed by atoms with van der Waals surface area (Å²) in [6, 6.07) is 2.60.